The highest BCUT2D eigenvalue weighted by Gasteiger charge is 2.11. The van der Waals surface area contributed by atoms with Crippen molar-refractivity contribution in [3.05, 3.63) is 30.1 Å². The minimum absolute atomic E-state index is 0.365. The van der Waals surface area contributed by atoms with Gasteiger partial charge in [-0.3, -0.25) is 4.98 Å². The van der Waals surface area contributed by atoms with Crippen molar-refractivity contribution in [2.75, 3.05) is 12.8 Å². The first kappa shape index (κ1) is 10.2. The molecule has 0 saturated heterocycles. The Bertz CT molecular complexity index is 504. The lowest BCUT2D eigenvalue weighted by molar-refractivity contribution is 0.0600. The fourth-order valence-electron chi connectivity index (χ4n) is 1.21. The summed E-state index contributed by atoms with van der Waals surface area (Å²) in [6.07, 6.45) is 2.79. The van der Waals surface area contributed by atoms with Crippen LogP contribution in [-0.4, -0.2) is 23.2 Å². The van der Waals surface area contributed by atoms with E-state index in [1.165, 1.54) is 19.5 Å². The molecular weight excluding hydrogens is 210 g/mol. The normalized spacial score (nSPS) is 10.1. The molecule has 0 aliphatic rings. The van der Waals surface area contributed by atoms with Crippen LogP contribution in [0.1, 0.15) is 10.4 Å². The summed E-state index contributed by atoms with van der Waals surface area (Å²) in [6, 6.07) is 3.19. The Kier molecular flexibility index (Phi) is 2.55. The Morgan fingerprint density at radius 1 is 1.44 bits per heavy atom. The summed E-state index contributed by atoms with van der Waals surface area (Å²) in [6.45, 7) is 0. The van der Waals surface area contributed by atoms with Crippen molar-refractivity contribution >= 4 is 11.7 Å². The highest BCUT2D eigenvalue weighted by molar-refractivity contribution is 5.89. The van der Waals surface area contributed by atoms with E-state index in [0.29, 0.717) is 22.7 Å². The van der Waals surface area contributed by atoms with Gasteiger partial charge in [0.05, 0.1) is 18.9 Å². The molecule has 0 amide bonds. The Hall–Kier alpha value is -2.37. The Morgan fingerprint density at radius 2 is 2.25 bits per heavy atom. The average molecular weight is 219 g/mol. The van der Waals surface area contributed by atoms with Gasteiger partial charge in [-0.2, -0.15) is 0 Å². The van der Waals surface area contributed by atoms with Crippen LogP contribution >= 0.6 is 0 Å². The number of nitrogens with two attached hydrogens (primary N) is 1. The van der Waals surface area contributed by atoms with Gasteiger partial charge in [0.25, 0.3) is 0 Å². The Labute approximate surface area is 91.0 Å². The summed E-state index contributed by atoms with van der Waals surface area (Å²) in [5, 5.41) is 3.54. The molecule has 82 valence electrons. The van der Waals surface area contributed by atoms with Crippen LogP contribution in [0.25, 0.3) is 11.5 Å². The summed E-state index contributed by atoms with van der Waals surface area (Å²) in [5.74, 6) is -0.0546. The smallest absolute Gasteiger partial charge is 0.339 e. The third-order valence-electron chi connectivity index (χ3n) is 2.02. The topological polar surface area (TPSA) is 91.2 Å². The molecule has 0 saturated carbocycles. The molecule has 0 atom stereocenters. The molecular formula is C10H9N3O3. The van der Waals surface area contributed by atoms with Gasteiger partial charge in [-0.05, 0) is 12.1 Å². The van der Waals surface area contributed by atoms with Crippen molar-refractivity contribution in [3.8, 4) is 11.5 Å². The van der Waals surface area contributed by atoms with E-state index in [4.69, 9.17) is 10.3 Å². The first-order chi connectivity index (χ1) is 7.72. The molecule has 0 radical (unpaired) electrons. The predicted octanol–water partition coefficient (Wildman–Crippen LogP) is 1.11. The number of hydrogen-bond acceptors (Lipinski definition) is 6. The van der Waals surface area contributed by atoms with Gasteiger partial charge in [-0.15, -0.1) is 0 Å². The van der Waals surface area contributed by atoms with Crippen LogP contribution in [-0.2, 0) is 4.74 Å². The van der Waals surface area contributed by atoms with Gasteiger partial charge in [0.15, 0.2) is 0 Å². The van der Waals surface area contributed by atoms with Crippen molar-refractivity contribution in [1.29, 1.82) is 0 Å². The van der Waals surface area contributed by atoms with E-state index in [2.05, 4.69) is 14.9 Å². The first-order valence-electron chi connectivity index (χ1n) is 4.47. The lowest BCUT2D eigenvalue weighted by Crippen LogP contribution is -2.01. The van der Waals surface area contributed by atoms with Gasteiger partial charge in [-0.25, -0.2) is 4.79 Å². The van der Waals surface area contributed by atoms with Crippen molar-refractivity contribution in [2.24, 2.45) is 0 Å². The molecule has 0 aliphatic carbocycles. The number of pyridine rings is 1. The van der Waals surface area contributed by atoms with Crippen LogP contribution in [0.4, 0.5) is 5.69 Å². The van der Waals surface area contributed by atoms with E-state index in [0.717, 1.165) is 0 Å². The summed E-state index contributed by atoms with van der Waals surface area (Å²) in [4.78, 5) is 15.2. The highest BCUT2D eigenvalue weighted by atomic mass is 16.5. The zero-order chi connectivity index (χ0) is 11.5. The second kappa shape index (κ2) is 4.01. The molecule has 2 rings (SSSR count). The maximum absolute atomic E-state index is 11.2. The third kappa shape index (κ3) is 1.72. The number of esters is 1. The van der Waals surface area contributed by atoms with Crippen LogP contribution in [0.5, 0.6) is 0 Å². The zero-order valence-electron chi connectivity index (χ0n) is 8.51. The van der Waals surface area contributed by atoms with Gasteiger partial charge in [0.1, 0.15) is 11.4 Å². The molecule has 6 nitrogen and oxygen atoms in total. The molecule has 0 aliphatic heterocycles. The van der Waals surface area contributed by atoms with Gasteiger partial charge >= 0.3 is 5.97 Å². The molecule has 2 heterocycles. The molecule has 0 bridgehead atoms. The highest BCUT2D eigenvalue weighted by Crippen LogP contribution is 2.23. The molecule has 0 fully saturated rings. The number of rotatable bonds is 2. The van der Waals surface area contributed by atoms with Gasteiger partial charge in [-0.1, -0.05) is 5.16 Å². The van der Waals surface area contributed by atoms with Crippen molar-refractivity contribution < 1.29 is 14.1 Å². The minimum Gasteiger partial charge on any atom is -0.465 e. The molecule has 6 heteroatoms. The van der Waals surface area contributed by atoms with Gasteiger partial charge < -0.3 is 15.0 Å². The van der Waals surface area contributed by atoms with Crippen LogP contribution in [0, 0.1) is 0 Å². The summed E-state index contributed by atoms with van der Waals surface area (Å²) in [5.41, 5.74) is 6.89. The number of anilines is 1. The fraction of sp³-hybridized carbons (Fsp3) is 0.100. The first-order valence-corrected chi connectivity index (χ1v) is 4.47. The number of ether oxygens (including phenoxy) is 1. The molecule has 0 aromatic carbocycles. The average Bonchev–Trinajstić information content (AvgIpc) is 2.75. The second-order valence-electron chi connectivity index (χ2n) is 3.03. The number of aromatic nitrogens is 2. The Morgan fingerprint density at radius 3 is 2.75 bits per heavy atom. The van der Waals surface area contributed by atoms with Crippen molar-refractivity contribution in [1.82, 2.24) is 10.1 Å². The lowest BCUT2D eigenvalue weighted by atomic mass is 10.2. The molecule has 0 unspecified atom stereocenters. The van der Waals surface area contributed by atoms with Crippen molar-refractivity contribution in [3.63, 3.8) is 0 Å². The van der Waals surface area contributed by atoms with E-state index in [-0.39, 0.29) is 0 Å². The SMILES string of the molecule is COC(=O)c1ccc(-c2oncc2N)nc1. The van der Waals surface area contributed by atoms with Crippen LogP contribution in [0.2, 0.25) is 0 Å². The number of methoxy groups -OCH3 is 1. The molecule has 2 N–H and O–H groups in total. The predicted molar refractivity (Wildman–Crippen MR) is 55.5 cm³/mol. The number of carbonyl (C=O) groups excluding carboxylic acids is 1. The van der Waals surface area contributed by atoms with Crippen molar-refractivity contribution in [2.45, 2.75) is 0 Å². The number of nitrogens with zero attached hydrogens (tertiary/aromatic N) is 2. The summed E-state index contributed by atoms with van der Waals surface area (Å²) in [7, 11) is 1.31. The standard InChI is InChI=1S/C10H9N3O3/c1-15-10(14)6-2-3-8(12-4-6)9-7(11)5-13-16-9/h2-5H,11H2,1H3. The summed E-state index contributed by atoms with van der Waals surface area (Å²) >= 11 is 0. The number of nitrogen functional groups attached to an aromatic ring is 1. The van der Waals surface area contributed by atoms with E-state index in [1.54, 1.807) is 12.1 Å². The van der Waals surface area contributed by atoms with Gasteiger partial charge in [0, 0.05) is 6.20 Å². The molecule has 0 spiro atoms. The zero-order valence-corrected chi connectivity index (χ0v) is 8.51. The number of hydrogen-bond donors (Lipinski definition) is 1. The maximum Gasteiger partial charge on any atom is 0.339 e. The van der Waals surface area contributed by atoms with E-state index < -0.39 is 5.97 Å². The van der Waals surface area contributed by atoms with Crippen LogP contribution in [0.3, 0.4) is 0 Å². The minimum atomic E-state index is -0.440. The van der Waals surface area contributed by atoms with Gasteiger partial charge in [0.2, 0.25) is 5.76 Å². The maximum atomic E-state index is 11.2. The molecule has 2 aromatic rings. The Balaban J connectivity index is 2.33. The third-order valence-corrected chi connectivity index (χ3v) is 2.02. The second-order valence-corrected chi connectivity index (χ2v) is 3.03. The largest absolute Gasteiger partial charge is 0.465 e. The van der Waals surface area contributed by atoms with E-state index in [1.807, 2.05) is 0 Å². The monoisotopic (exact) mass is 219 g/mol. The lowest BCUT2D eigenvalue weighted by Gasteiger charge is -1.99. The fourth-order valence-corrected chi connectivity index (χ4v) is 1.21. The van der Waals surface area contributed by atoms with E-state index >= 15 is 0 Å². The molecule has 2 aromatic heterocycles. The molecule has 16 heavy (non-hydrogen) atoms. The van der Waals surface area contributed by atoms with E-state index in [9.17, 15) is 4.79 Å². The summed E-state index contributed by atoms with van der Waals surface area (Å²) < 4.78 is 9.47. The van der Waals surface area contributed by atoms with Crippen LogP contribution < -0.4 is 5.73 Å². The quantitative estimate of drug-likeness (QED) is 0.760. The van der Waals surface area contributed by atoms with Crippen LogP contribution in [0.15, 0.2) is 29.0 Å². The number of carbonyl (C=O) groups is 1.